The number of hydrogen-bond acceptors (Lipinski definition) is 5. The lowest BCUT2D eigenvalue weighted by molar-refractivity contribution is 0.0465. The Balaban J connectivity index is 1.47. The van der Waals surface area contributed by atoms with Crippen molar-refractivity contribution in [3.05, 3.63) is 70.8 Å². The molecule has 0 atom stereocenters. The molecule has 0 aliphatic carbocycles. The van der Waals surface area contributed by atoms with Crippen LogP contribution in [0.3, 0.4) is 0 Å². The highest BCUT2D eigenvalue weighted by Crippen LogP contribution is 2.33. The largest absolute Gasteiger partial charge is 0.454 e. The third-order valence-electron chi connectivity index (χ3n) is 5.14. The van der Waals surface area contributed by atoms with E-state index in [4.69, 9.17) is 14.2 Å². The van der Waals surface area contributed by atoms with Gasteiger partial charge in [-0.3, -0.25) is 4.79 Å². The monoisotopic (exact) mass is 394 g/mol. The summed E-state index contributed by atoms with van der Waals surface area (Å²) in [5.41, 5.74) is 3.80. The van der Waals surface area contributed by atoms with Crippen LogP contribution in [0.5, 0.6) is 11.5 Å². The van der Waals surface area contributed by atoms with Crippen LogP contribution in [0.15, 0.2) is 42.6 Å². The van der Waals surface area contributed by atoms with Crippen LogP contribution in [-0.2, 0) is 18.3 Å². The number of nitrogens with zero attached hydrogens (tertiary/aromatic N) is 2. The summed E-state index contributed by atoms with van der Waals surface area (Å²) in [4.78, 5) is 24.8. The van der Waals surface area contributed by atoms with E-state index in [1.807, 2.05) is 38.1 Å². The summed E-state index contributed by atoms with van der Waals surface area (Å²) in [6, 6.07) is 11.1. The molecule has 3 heterocycles. The summed E-state index contributed by atoms with van der Waals surface area (Å²) in [5.74, 6) is 0.733. The number of carbonyl (C=O) groups excluding carboxylic acids is 2. The Morgan fingerprint density at radius 3 is 2.66 bits per heavy atom. The molecular formula is C22H22N2O5. The minimum Gasteiger partial charge on any atom is -0.454 e. The van der Waals surface area contributed by atoms with Gasteiger partial charge in [0.05, 0.1) is 0 Å². The summed E-state index contributed by atoms with van der Waals surface area (Å²) in [6.07, 6.45) is 1.75. The van der Waals surface area contributed by atoms with Gasteiger partial charge in [0.15, 0.2) is 18.1 Å². The number of aromatic nitrogens is 2. The van der Waals surface area contributed by atoms with E-state index >= 15 is 0 Å². The molecule has 150 valence electrons. The average Bonchev–Trinajstić information content (AvgIpc) is 3.41. The van der Waals surface area contributed by atoms with Gasteiger partial charge in [-0.15, -0.1) is 0 Å². The van der Waals surface area contributed by atoms with E-state index in [1.165, 1.54) is 0 Å². The maximum absolute atomic E-state index is 12.7. The minimum atomic E-state index is -0.514. The first kappa shape index (κ1) is 18.9. The Bertz CT molecular complexity index is 1090. The van der Waals surface area contributed by atoms with Crippen molar-refractivity contribution in [2.75, 3.05) is 13.4 Å². The number of Topliss-reactive ketones (excluding diaryl/α,β-unsaturated/α-hetero) is 1. The van der Waals surface area contributed by atoms with Crippen LogP contribution < -0.4 is 9.47 Å². The molecule has 0 N–H and O–H groups in total. The number of carbonyl (C=O) groups is 2. The molecule has 0 saturated heterocycles. The summed E-state index contributed by atoms with van der Waals surface area (Å²) < 4.78 is 19.7. The normalized spacial score (nSPS) is 12.2. The van der Waals surface area contributed by atoms with Crippen LogP contribution in [0.2, 0.25) is 0 Å². The van der Waals surface area contributed by atoms with Crippen LogP contribution in [0.25, 0.3) is 0 Å². The molecule has 0 fully saturated rings. The molecular weight excluding hydrogens is 372 g/mol. The highest BCUT2D eigenvalue weighted by Gasteiger charge is 2.20. The highest BCUT2D eigenvalue weighted by atomic mass is 16.7. The van der Waals surface area contributed by atoms with Gasteiger partial charge in [0.1, 0.15) is 5.69 Å². The second-order valence-electron chi connectivity index (χ2n) is 7.06. The van der Waals surface area contributed by atoms with Gasteiger partial charge in [0.25, 0.3) is 0 Å². The number of ether oxygens (including phenoxy) is 3. The standard InChI is InChI=1S/C22H22N2O5/c1-14-9-17(19(25)12-27-22(26)18-5-4-8-23(18)3)15(2)24(14)11-16-6-7-20-21(10-16)29-13-28-20/h4-10H,11-13H2,1-3H3. The van der Waals surface area contributed by atoms with Crippen LogP contribution in [0, 0.1) is 13.8 Å². The quantitative estimate of drug-likeness (QED) is 0.474. The fraction of sp³-hybridized carbons (Fsp3) is 0.273. The van der Waals surface area contributed by atoms with Gasteiger partial charge >= 0.3 is 5.97 Å². The molecule has 0 radical (unpaired) electrons. The first-order valence-corrected chi connectivity index (χ1v) is 9.31. The summed E-state index contributed by atoms with van der Waals surface area (Å²) in [5, 5.41) is 0. The molecule has 3 aromatic rings. The zero-order valence-electron chi connectivity index (χ0n) is 16.6. The minimum absolute atomic E-state index is 0.224. The first-order chi connectivity index (χ1) is 13.9. The van der Waals surface area contributed by atoms with Gasteiger partial charge < -0.3 is 23.3 Å². The van der Waals surface area contributed by atoms with Crippen LogP contribution in [0.4, 0.5) is 0 Å². The molecule has 1 aromatic carbocycles. The predicted octanol–water partition coefficient (Wildman–Crippen LogP) is 3.26. The van der Waals surface area contributed by atoms with Crippen molar-refractivity contribution in [1.29, 1.82) is 0 Å². The van der Waals surface area contributed by atoms with E-state index in [9.17, 15) is 9.59 Å². The Morgan fingerprint density at radius 2 is 1.90 bits per heavy atom. The number of rotatable bonds is 6. The number of ketones is 1. The van der Waals surface area contributed by atoms with E-state index in [0.29, 0.717) is 17.8 Å². The van der Waals surface area contributed by atoms with Crippen molar-refractivity contribution in [1.82, 2.24) is 9.13 Å². The molecule has 0 saturated carbocycles. The molecule has 0 amide bonds. The summed E-state index contributed by atoms with van der Waals surface area (Å²) >= 11 is 0. The van der Waals surface area contributed by atoms with E-state index in [0.717, 1.165) is 28.5 Å². The van der Waals surface area contributed by atoms with E-state index in [1.54, 1.807) is 29.9 Å². The van der Waals surface area contributed by atoms with Gasteiger partial charge in [0, 0.05) is 36.7 Å². The number of esters is 1. The molecule has 0 spiro atoms. The van der Waals surface area contributed by atoms with Gasteiger partial charge in [-0.1, -0.05) is 6.07 Å². The number of hydrogen-bond donors (Lipinski definition) is 0. The molecule has 7 heteroatoms. The van der Waals surface area contributed by atoms with Crippen molar-refractivity contribution in [3.8, 4) is 11.5 Å². The van der Waals surface area contributed by atoms with E-state index in [2.05, 4.69) is 4.57 Å². The molecule has 1 aliphatic rings. The average molecular weight is 394 g/mol. The second kappa shape index (κ2) is 7.50. The topological polar surface area (TPSA) is 71.7 Å². The number of fused-ring (bicyclic) bond motifs is 1. The lowest BCUT2D eigenvalue weighted by Gasteiger charge is -2.11. The molecule has 1 aliphatic heterocycles. The molecule has 4 rings (SSSR count). The lowest BCUT2D eigenvalue weighted by atomic mass is 10.1. The zero-order valence-corrected chi connectivity index (χ0v) is 16.6. The van der Waals surface area contributed by atoms with Crippen molar-refractivity contribution in [3.63, 3.8) is 0 Å². The maximum atomic E-state index is 12.7. The third kappa shape index (κ3) is 3.63. The Labute approximate surface area is 168 Å². The Hall–Kier alpha value is -3.48. The molecule has 29 heavy (non-hydrogen) atoms. The van der Waals surface area contributed by atoms with Crippen LogP contribution >= 0.6 is 0 Å². The van der Waals surface area contributed by atoms with Crippen molar-refractivity contribution >= 4 is 11.8 Å². The van der Waals surface area contributed by atoms with Crippen LogP contribution in [0.1, 0.15) is 37.8 Å². The summed E-state index contributed by atoms with van der Waals surface area (Å²) in [6.45, 7) is 4.39. The van der Waals surface area contributed by atoms with Crippen molar-refractivity contribution in [2.24, 2.45) is 7.05 Å². The van der Waals surface area contributed by atoms with Gasteiger partial charge in [-0.25, -0.2) is 4.79 Å². The zero-order chi connectivity index (χ0) is 20.5. The smallest absolute Gasteiger partial charge is 0.355 e. The lowest BCUT2D eigenvalue weighted by Crippen LogP contribution is -2.17. The van der Waals surface area contributed by atoms with E-state index in [-0.39, 0.29) is 19.2 Å². The fourth-order valence-corrected chi connectivity index (χ4v) is 3.50. The fourth-order valence-electron chi connectivity index (χ4n) is 3.50. The van der Waals surface area contributed by atoms with E-state index < -0.39 is 5.97 Å². The Kier molecular flexibility index (Phi) is 4.88. The highest BCUT2D eigenvalue weighted by molar-refractivity contribution is 6.00. The Morgan fingerprint density at radius 1 is 1.10 bits per heavy atom. The van der Waals surface area contributed by atoms with Gasteiger partial charge in [0.2, 0.25) is 12.6 Å². The SMILES string of the molecule is Cc1cc(C(=O)COC(=O)c2cccn2C)c(C)n1Cc1ccc2c(c1)OCO2. The molecule has 2 aromatic heterocycles. The second-order valence-corrected chi connectivity index (χ2v) is 7.06. The van der Waals surface area contributed by atoms with Gasteiger partial charge in [-0.05, 0) is 49.7 Å². The van der Waals surface area contributed by atoms with Crippen molar-refractivity contribution < 1.29 is 23.8 Å². The van der Waals surface area contributed by atoms with Gasteiger partial charge in [-0.2, -0.15) is 0 Å². The van der Waals surface area contributed by atoms with Crippen molar-refractivity contribution in [2.45, 2.75) is 20.4 Å². The predicted molar refractivity (Wildman–Crippen MR) is 106 cm³/mol. The third-order valence-corrected chi connectivity index (χ3v) is 5.14. The number of benzene rings is 1. The molecule has 0 unspecified atom stereocenters. The number of aryl methyl sites for hydroxylation is 2. The maximum Gasteiger partial charge on any atom is 0.355 e. The summed E-state index contributed by atoms with van der Waals surface area (Å²) in [7, 11) is 1.75. The van der Waals surface area contributed by atoms with Crippen LogP contribution in [-0.4, -0.2) is 34.3 Å². The first-order valence-electron chi connectivity index (χ1n) is 9.31. The molecule has 7 nitrogen and oxygen atoms in total. The molecule has 0 bridgehead atoms.